The van der Waals surface area contributed by atoms with Crippen molar-refractivity contribution in [1.82, 2.24) is 0 Å². The van der Waals surface area contributed by atoms with Gasteiger partial charge in [0.05, 0.1) is 56.8 Å². The number of esters is 1. The molecule has 0 radical (unpaired) electrons. The van der Waals surface area contributed by atoms with E-state index < -0.39 is 12.1 Å². The van der Waals surface area contributed by atoms with Crippen LogP contribution in [-0.4, -0.2) is 80.9 Å². The molecule has 0 aromatic rings. The largest absolute Gasteiger partial charge is 0.462 e. The summed E-state index contributed by atoms with van der Waals surface area (Å²) in [5, 5.41) is 17.6. The molecule has 0 bridgehead atoms. The molecule has 0 saturated carbocycles. The highest BCUT2D eigenvalue weighted by molar-refractivity contribution is 5.81. The third-order valence-corrected chi connectivity index (χ3v) is 3.91. The lowest BCUT2D eigenvalue weighted by molar-refractivity contribution is -0.185. The topological polar surface area (TPSA) is 104 Å². The lowest BCUT2D eigenvalue weighted by Crippen LogP contribution is -2.41. The maximum Gasteiger partial charge on any atom is 0.330 e. The Morgan fingerprint density at radius 1 is 1.19 bits per heavy atom. The molecule has 3 unspecified atom stereocenters. The third kappa shape index (κ3) is 12.9. The van der Waals surface area contributed by atoms with Crippen LogP contribution in [0.4, 0.5) is 0 Å². The summed E-state index contributed by atoms with van der Waals surface area (Å²) in [7, 11) is 0. The molecule has 160 valence electrons. The molecule has 1 aliphatic heterocycles. The van der Waals surface area contributed by atoms with Crippen molar-refractivity contribution < 1.29 is 38.7 Å². The lowest BCUT2D eigenvalue weighted by atomic mass is 9.87. The Balaban J connectivity index is 0.000000503. The van der Waals surface area contributed by atoms with Gasteiger partial charge in [0.1, 0.15) is 13.4 Å². The van der Waals surface area contributed by atoms with Crippen molar-refractivity contribution in [3.05, 3.63) is 12.7 Å². The quantitative estimate of drug-likeness (QED) is 0.400. The predicted molar refractivity (Wildman–Crippen MR) is 100 cm³/mol. The van der Waals surface area contributed by atoms with E-state index in [1.165, 1.54) is 0 Å². The van der Waals surface area contributed by atoms with Crippen molar-refractivity contribution in [2.45, 2.75) is 52.4 Å². The highest BCUT2D eigenvalue weighted by Crippen LogP contribution is 2.26. The van der Waals surface area contributed by atoms with Crippen molar-refractivity contribution in [2.75, 3.05) is 46.4 Å². The number of ether oxygens (including phenoxy) is 5. The summed E-state index contributed by atoms with van der Waals surface area (Å²) in [6, 6.07) is 0. The molecule has 0 amide bonds. The van der Waals surface area contributed by atoms with Gasteiger partial charge in [-0.1, -0.05) is 13.5 Å². The first-order valence-electron chi connectivity index (χ1n) is 9.25. The number of aliphatic hydroxyl groups is 2. The zero-order valence-corrected chi connectivity index (χ0v) is 17.0. The zero-order chi connectivity index (χ0) is 20.7. The van der Waals surface area contributed by atoms with Crippen LogP contribution in [0, 0.1) is 5.41 Å². The van der Waals surface area contributed by atoms with Crippen LogP contribution in [0.5, 0.6) is 0 Å². The first-order chi connectivity index (χ1) is 12.8. The first-order valence-corrected chi connectivity index (χ1v) is 9.25. The van der Waals surface area contributed by atoms with Gasteiger partial charge < -0.3 is 33.9 Å². The van der Waals surface area contributed by atoms with Crippen LogP contribution >= 0.6 is 0 Å². The zero-order valence-electron chi connectivity index (χ0n) is 17.0. The van der Waals surface area contributed by atoms with Crippen molar-refractivity contribution in [3.8, 4) is 0 Å². The Morgan fingerprint density at radius 3 is 2.26 bits per heavy atom. The van der Waals surface area contributed by atoms with Crippen LogP contribution in [-0.2, 0) is 28.5 Å². The number of hydrogen-bond acceptors (Lipinski definition) is 8. The van der Waals surface area contributed by atoms with E-state index in [-0.39, 0.29) is 24.2 Å². The van der Waals surface area contributed by atoms with E-state index in [4.69, 9.17) is 33.9 Å². The van der Waals surface area contributed by atoms with Gasteiger partial charge in [0, 0.05) is 6.08 Å². The highest BCUT2D eigenvalue weighted by Gasteiger charge is 2.33. The molecule has 1 heterocycles. The van der Waals surface area contributed by atoms with Crippen molar-refractivity contribution in [1.29, 1.82) is 0 Å². The Bertz CT molecular complexity index is 393. The molecule has 0 aromatic carbocycles. The van der Waals surface area contributed by atoms with Gasteiger partial charge in [0.2, 0.25) is 0 Å². The molecule has 2 N–H and O–H groups in total. The summed E-state index contributed by atoms with van der Waals surface area (Å²) < 4.78 is 25.9. The van der Waals surface area contributed by atoms with Gasteiger partial charge in [-0.2, -0.15) is 0 Å². The maximum absolute atomic E-state index is 10.9. The summed E-state index contributed by atoms with van der Waals surface area (Å²) in [5.41, 5.74) is -0.184. The average Bonchev–Trinajstić information content (AvgIpc) is 2.69. The van der Waals surface area contributed by atoms with Crippen LogP contribution in [0.25, 0.3) is 0 Å². The number of carbonyl (C=O) groups excluding carboxylic acids is 1. The van der Waals surface area contributed by atoms with Crippen molar-refractivity contribution >= 4 is 5.97 Å². The standard InChI is InChI=1S/C10H16O4.C9H20O4/c1-3-9(11)14-7-10(4-2)5-12-8-13-6-10;1-7(11)5-12-9(3)6-13-8(2)4-10/h3H,1,4-8H2,2H3;7-11H,4-6H2,1-3H3. The van der Waals surface area contributed by atoms with Gasteiger partial charge in [0.25, 0.3) is 0 Å². The summed E-state index contributed by atoms with van der Waals surface area (Å²) in [5.74, 6) is -0.400. The summed E-state index contributed by atoms with van der Waals surface area (Å²) in [6.45, 7) is 13.3. The minimum Gasteiger partial charge on any atom is -0.462 e. The highest BCUT2D eigenvalue weighted by atomic mass is 16.7. The van der Waals surface area contributed by atoms with E-state index in [2.05, 4.69) is 6.58 Å². The molecule has 8 heteroatoms. The van der Waals surface area contributed by atoms with Crippen LogP contribution in [0.15, 0.2) is 12.7 Å². The van der Waals surface area contributed by atoms with E-state index >= 15 is 0 Å². The Labute approximate surface area is 162 Å². The summed E-state index contributed by atoms with van der Waals surface area (Å²) in [4.78, 5) is 10.9. The van der Waals surface area contributed by atoms with Gasteiger partial charge >= 0.3 is 5.97 Å². The number of aliphatic hydroxyl groups excluding tert-OH is 2. The van der Waals surface area contributed by atoms with Crippen molar-refractivity contribution in [2.24, 2.45) is 5.41 Å². The molecule has 1 fully saturated rings. The lowest BCUT2D eigenvalue weighted by Gasteiger charge is -2.34. The number of rotatable bonds is 11. The molecule has 1 aliphatic rings. The minimum absolute atomic E-state index is 0.0170. The maximum atomic E-state index is 10.9. The van der Waals surface area contributed by atoms with E-state index in [0.717, 1.165) is 12.5 Å². The second-order valence-electron chi connectivity index (χ2n) is 6.80. The molecule has 3 atom stereocenters. The van der Waals surface area contributed by atoms with Gasteiger partial charge in [-0.25, -0.2) is 4.79 Å². The molecule has 8 nitrogen and oxygen atoms in total. The fraction of sp³-hybridized carbons (Fsp3) is 0.842. The van der Waals surface area contributed by atoms with Gasteiger partial charge in [-0.3, -0.25) is 0 Å². The predicted octanol–water partition coefficient (Wildman–Crippen LogP) is 1.29. The first kappa shape index (κ1) is 26.0. The Hall–Kier alpha value is -1.03. The molecule has 27 heavy (non-hydrogen) atoms. The van der Waals surface area contributed by atoms with E-state index in [9.17, 15) is 4.79 Å². The SMILES string of the molecule is C=CC(=O)OCC1(CC)COCOC1.CC(O)COC(C)COC(C)CO. The van der Waals surface area contributed by atoms with Crippen LogP contribution in [0.3, 0.4) is 0 Å². The van der Waals surface area contributed by atoms with Crippen molar-refractivity contribution in [3.63, 3.8) is 0 Å². The van der Waals surface area contributed by atoms with E-state index in [1.807, 2.05) is 13.8 Å². The Kier molecular flexibility index (Phi) is 14.4. The number of hydrogen-bond donors (Lipinski definition) is 2. The molecule has 1 rings (SSSR count). The number of carbonyl (C=O) groups is 1. The second-order valence-corrected chi connectivity index (χ2v) is 6.80. The third-order valence-electron chi connectivity index (χ3n) is 3.91. The molecule has 0 aliphatic carbocycles. The molecule has 0 aromatic heterocycles. The Morgan fingerprint density at radius 2 is 1.78 bits per heavy atom. The van der Waals surface area contributed by atoms with E-state index in [1.54, 1.807) is 13.8 Å². The molecular weight excluding hydrogens is 356 g/mol. The van der Waals surface area contributed by atoms with Gasteiger partial charge in [-0.05, 0) is 27.2 Å². The van der Waals surface area contributed by atoms with Crippen LogP contribution in [0.2, 0.25) is 0 Å². The summed E-state index contributed by atoms with van der Waals surface area (Å²) in [6.07, 6.45) is 1.37. The van der Waals surface area contributed by atoms with Gasteiger partial charge in [0.15, 0.2) is 0 Å². The van der Waals surface area contributed by atoms with Crippen LogP contribution in [0.1, 0.15) is 34.1 Å². The average molecular weight is 392 g/mol. The molecular formula is C19H36O8. The fourth-order valence-corrected chi connectivity index (χ4v) is 1.99. The summed E-state index contributed by atoms with van der Waals surface area (Å²) >= 11 is 0. The second kappa shape index (κ2) is 15.0. The minimum atomic E-state index is -0.447. The monoisotopic (exact) mass is 392 g/mol. The smallest absolute Gasteiger partial charge is 0.330 e. The normalized spacial score (nSPS) is 19.2. The molecule has 0 spiro atoms. The van der Waals surface area contributed by atoms with E-state index in [0.29, 0.717) is 39.8 Å². The molecule has 1 saturated heterocycles. The fourth-order valence-electron chi connectivity index (χ4n) is 1.99. The van der Waals surface area contributed by atoms with Crippen LogP contribution < -0.4 is 0 Å². The van der Waals surface area contributed by atoms with Gasteiger partial charge in [-0.15, -0.1) is 0 Å².